The van der Waals surface area contributed by atoms with Crippen molar-refractivity contribution >= 4 is 0 Å². The third-order valence-corrected chi connectivity index (χ3v) is 5.85. The maximum absolute atomic E-state index is 11.2. The lowest BCUT2D eigenvalue weighted by Crippen LogP contribution is -2.54. The van der Waals surface area contributed by atoms with E-state index in [0.717, 1.165) is 65.0 Å². The summed E-state index contributed by atoms with van der Waals surface area (Å²) >= 11 is 0. The van der Waals surface area contributed by atoms with Crippen molar-refractivity contribution in [3.8, 4) is 0 Å². The fraction of sp³-hybridized carbons (Fsp3) is 1.00. The minimum atomic E-state index is -0.567. The van der Waals surface area contributed by atoms with E-state index < -0.39 is 5.60 Å². The van der Waals surface area contributed by atoms with Crippen molar-refractivity contribution in [1.29, 1.82) is 0 Å². The number of hydrogen-bond acceptors (Lipinski definition) is 4. The molecule has 3 unspecified atom stereocenters. The predicted octanol–water partition coefficient (Wildman–Crippen LogP) is 1.71. The molecule has 116 valence electrons. The molecule has 2 N–H and O–H groups in total. The van der Waals surface area contributed by atoms with Gasteiger partial charge < -0.3 is 19.9 Å². The molecule has 3 heterocycles. The molecule has 0 aromatic carbocycles. The highest BCUT2D eigenvalue weighted by atomic mass is 16.5. The summed E-state index contributed by atoms with van der Waals surface area (Å²) in [7, 11) is 0. The highest BCUT2D eigenvalue weighted by Gasteiger charge is 2.47. The normalized spacial score (nSPS) is 37.5. The maximum Gasteiger partial charge on any atom is 0.0730 e. The molecule has 3 aliphatic rings. The van der Waals surface area contributed by atoms with E-state index in [1.54, 1.807) is 0 Å². The van der Waals surface area contributed by atoms with Crippen LogP contribution in [0.15, 0.2) is 0 Å². The van der Waals surface area contributed by atoms with Crippen LogP contribution in [0.2, 0.25) is 0 Å². The van der Waals surface area contributed by atoms with Gasteiger partial charge in [-0.1, -0.05) is 0 Å². The monoisotopic (exact) mass is 283 g/mol. The average Bonchev–Trinajstić information content (AvgIpc) is 2.49. The van der Waals surface area contributed by atoms with Crippen LogP contribution in [0.4, 0.5) is 0 Å². The average molecular weight is 283 g/mol. The van der Waals surface area contributed by atoms with Gasteiger partial charge in [-0.2, -0.15) is 0 Å². The van der Waals surface area contributed by atoms with Crippen LogP contribution < -0.4 is 5.32 Å². The van der Waals surface area contributed by atoms with Crippen molar-refractivity contribution in [2.24, 2.45) is 11.8 Å². The number of hydrogen-bond donors (Lipinski definition) is 2. The van der Waals surface area contributed by atoms with Crippen LogP contribution in [0, 0.1) is 11.8 Å². The topological polar surface area (TPSA) is 50.7 Å². The number of rotatable bonds is 2. The summed E-state index contributed by atoms with van der Waals surface area (Å²) in [6.45, 7) is 6.52. The smallest absolute Gasteiger partial charge is 0.0730 e. The molecule has 0 aliphatic carbocycles. The van der Waals surface area contributed by atoms with E-state index in [9.17, 15) is 5.11 Å². The summed E-state index contributed by atoms with van der Waals surface area (Å²) < 4.78 is 11.6. The quantitative estimate of drug-likeness (QED) is 0.810. The molecule has 0 bridgehead atoms. The van der Waals surface area contributed by atoms with Crippen molar-refractivity contribution in [2.45, 2.75) is 56.7 Å². The molecule has 3 rings (SSSR count). The van der Waals surface area contributed by atoms with Gasteiger partial charge in [0.1, 0.15) is 0 Å². The second kappa shape index (κ2) is 5.91. The first kappa shape index (κ1) is 14.8. The summed E-state index contributed by atoms with van der Waals surface area (Å²) in [5.74, 6) is 0.746. The second-order valence-electron chi connectivity index (χ2n) is 7.10. The van der Waals surface area contributed by atoms with E-state index in [-0.39, 0.29) is 5.60 Å². The number of aliphatic hydroxyl groups is 1. The molecule has 4 nitrogen and oxygen atoms in total. The molecular formula is C16H29NO3. The Hall–Kier alpha value is -0.160. The first-order valence-corrected chi connectivity index (χ1v) is 8.27. The van der Waals surface area contributed by atoms with E-state index in [1.807, 2.05) is 0 Å². The van der Waals surface area contributed by atoms with Gasteiger partial charge in [0.25, 0.3) is 0 Å². The van der Waals surface area contributed by atoms with Gasteiger partial charge in [-0.25, -0.2) is 0 Å². The predicted molar refractivity (Wildman–Crippen MR) is 77.7 cm³/mol. The lowest BCUT2D eigenvalue weighted by Gasteiger charge is -2.49. The fourth-order valence-electron chi connectivity index (χ4n) is 4.30. The molecule has 4 heteroatoms. The van der Waals surface area contributed by atoms with E-state index in [1.165, 1.54) is 6.42 Å². The van der Waals surface area contributed by atoms with Gasteiger partial charge in [0.05, 0.1) is 11.2 Å². The highest BCUT2D eigenvalue weighted by molar-refractivity contribution is 4.98. The minimum Gasteiger partial charge on any atom is -0.390 e. The first-order chi connectivity index (χ1) is 9.62. The van der Waals surface area contributed by atoms with Gasteiger partial charge in [0.2, 0.25) is 0 Å². The fourth-order valence-corrected chi connectivity index (χ4v) is 4.30. The molecular weight excluding hydrogens is 254 g/mol. The molecule has 0 aromatic rings. The van der Waals surface area contributed by atoms with Gasteiger partial charge in [0, 0.05) is 32.3 Å². The third kappa shape index (κ3) is 2.89. The number of nitrogens with one attached hydrogen (secondary N) is 1. The Morgan fingerprint density at radius 2 is 1.95 bits per heavy atom. The number of ether oxygens (including phenoxy) is 2. The summed E-state index contributed by atoms with van der Waals surface area (Å²) in [6, 6.07) is 0. The largest absolute Gasteiger partial charge is 0.390 e. The van der Waals surface area contributed by atoms with E-state index in [2.05, 4.69) is 12.2 Å². The van der Waals surface area contributed by atoms with Gasteiger partial charge in [-0.15, -0.1) is 0 Å². The zero-order valence-electron chi connectivity index (χ0n) is 12.7. The van der Waals surface area contributed by atoms with E-state index in [0.29, 0.717) is 11.8 Å². The molecule has 3 fully saturated rings. The van der Waals surface area contributed by atoms with Crippen molar-refractivity contribution < 1.29 is 14.6 Å². The Bertz CT molecular complexity index is 314. The molecule has 0 radical (unpaired) electrons. The summed E-state index contributed by atoms with van der Waals surface area (Å²) in [5.41, 5.74) is -0.588. The van der Waals surface area contributed by atoms with Crippen LogP contribution in [-0.2, 0) is 9.47 Å². The Kier molecular flexibility index (Phi) is 4.37. The van der Waals surface area contributed by atoms with Gasteiger partial charge in [0.15, 0.2) is 0 Å². The minimum absolute atomic E-state index is 0.0206. The van der Waals surface area contributed by atoms with Crippen molar-refractivity contribution in [3.05, 3.63) is 0 Å². The molecule has 3 atom stereocenters. The lowest BCUT2D eigenvalue weighted by atomic mass is 9.68. The van der Waals surface area contributed by atoms with E-state index in [4.69, 9.17) is 9.47 Å². The zero-order valence-corrected chi connectivity index (χ0v) is 12.7. The Balaban J connectivity index is 1.68. The molecule has 0 amide bonds. The molecule has 0 saturated carbocycles. The molecule has 1 spiro atoms. The maximum atomic E-state index is 11.2. The van der Waals surface area contributed by atoms with Gasteiger partial charge in [-0.3, -0.25) is 0 Å². The van der Waals surface area contributed by atoms with E-state index >= 15 is 0 Å². The lowest BCUT2D eigenvalue weighted by molar-refractivity contribution is -0.182. The Morgan fingerprint density at radius 3 is 2.65 bits per heavy atom. The number of piperidine rings is 1. The summed E-state index contributed by atoms with van der Waals surface area (Å²) in [5, 5.41) is 14.6. The van der Waals surface area contributed by atoms with Crippen molar-refractivity contribution in [1.82, 2.24) is 5.32 Å². The Morgan fingerprint density at radius 1 is 1.15 bits per heavy atom. The molecule has 3 aliphatic heterocycles. The van der Waals surface area contributed by atoms with Crippen LogP contribution in [-0.4, -0.2) is 49.2 Å². The zero-order chi connectivity index (χ0) is 14.1. The standard InChI is InChI=1S/C16H29NO3/c1-15(18,14-3-2-7-17-12-14)13-4-8-20-16(11-13)5-9-19-10-6-16/h13-14,17-18H,2-12H2,1H3. The van der Waals surface area contributed by atoms with Crippen LogP contribution in [0.3, 0.4) is 0 Å². The molecule has 20 heavy (non-hydrogen) atoms. The van der Waals surface area contributed by atoms with Crippen LogP contribution in [0.1, 0.15) is 45.4 Å². The van der Waals surface area contributed by atoms with Crippen molar-refractivity contribution in [2.75, 3.05) is 32.9 Å². The second-order valence-corrected chi connectivity index (χ2v) is 7.10. The highest BCUT2D eigenvalue weighted by Crippen LogP contribution is 2.44. The van der Waals surface area contributed by atoms with Crippen LogP contribution in [0.5, 0.6) is 0 Å². The molecule has 0 aromatic heterocycles. The SMILES string of the molecule is CC(O)(C1CCCNC1)C1CCOC2(CCOCC2)C1. The van der Waals surface area contributed by atoms with Crippen molar-refractivity contribution in [3.63, 3.8) is 0 Å². The van der Waals surface area contributed by atoms with Crippen LogP contribution in [0.25, 0.3) is 0 Å². The summed E-state index contributed by atoms with van der Waals surface area (Å²) in [6.07, 6.45) is 6.30. The Labute approximate surface area is 122 Å². The molecule has 3 saturated heterocycles. The third-order valence-electron chi connectivity index (χ3n) is 5.85. The van der Waals surface area contributed by atoms with Crippen LogP contribution >= 0.6 is 0 Å². The van der Waals surface area contributed by atoms with Gasteiger partial charge in [-0.05, 0) is 57.9 Å². The van der Waals surface area contributed by atoms with Gasteiger partial charge >= 0.3 is 0 Å². The summed E-state index contributed by atoms with van der Waals surface area (Å²) in [4.78, 5) is 0. The first-order valence-electron chi connectivity index (χ1n) is 8.27.